The van der Waals surface area contributed by atoms with Crippen LogP contribution in [0.3, 0.4) is 0 Å². The van der Waals surface area contributed by atoms with Crippen molar-refractivity contribution < 1.29 is 32.8 Å². The van der Waals surface area contributed by atoms with E-state index in [1.807, 2.05) is 53.5 Å². The number of aryl methyl sites for hydroxylation is 1. The fraction of sp³-hybridized carbons (Fsp3) is 0.559. The van der Waals surface area contributed by atoms with Crippen LogP contribution in [0.1, 0.15) is 95.1 Å². The highest BCUT2D eigenvalue weighted by Gasteiger charge is 2.22. The fourth-order valence-electron chi connectivity index (χ4n) is 4.97. The van der Waals surface area contributed by atoms with Gasteiger partial charge in [0.15, 0.2) is 12.7 Å². The molecule has 0 radical (unpaired) electrons. The Bertz CT molecular complexity index is 1160. The van der Waals surface area contributed by atoms with Crippen LogP contribution in [0, 0.1) is 0 Å². The van der Waals surface area contributed by atoms with E-state index >= 15 is 0 Å². The lowest BCUT2D eigenvalue weighted by molar-refractivity contribution is -0.683. The summed E-state index contributed by atoms with van der Waals surface area (Å²) in [6.45, 7) is 2.82. The second kappa shape index (κ2) is 21.5. The maximum atomic E-state index is 12.5. The molecule has 2 aromatic carbocycles. The molecule has 0 aliphatic heterocycles. The fourth-order valence-corrected chi connectivity index (χ4v) is 6.25. The van der Waals surface area contributed by atoms with E-state index < -0.39 is 20.6 Å². The molecule has 0 saturated carbocycles. The Morgan fingerprint density at radius 2 is 1.49 bits per heavy atom. The molecule has 3 rings (SSSR count). The quantitative estimate of drug-likeness (QED) is 0.0462. The highest BCUT2D eigenvalue weighted by atomic mass is 32.1. The number of thiazole rings is 1. The molecule has 1 N–H and O–H groups in total. The molecule has 1 heterocycles. The van der Waals surface area contributed by atoms with Gasteiger partial charge in [-0.05, 0) is 42.7 Å². The average molecular weight is 633 g/mol. The monoisotopic (exact) mass is 632 g/mol. The third-order valence-electron chi connectivity index (χ3n) is 7.45. The number of benzene rings is 2. The van der Waals surface area contributed by atoms with Gasteiger partial charge in [0.05, 0.1) is 12.0 Å². The molecule has 3 aromatic rings. The molecule has 9 heteroatoms. The van der Waals surface area contributed by atoms with Gasteiger partial charge in [0.2, 0.25) is 11.8 Å². The second-order valence-electron chi connectivity index (χ2n) is 11.1. The van der Waals surface area contributed by atoms with Crippen molar-refractivity contribution in [1.82, 2.24) is 0 Å². The van der Waals surface area contributed by atoms with E-state index in [2.05, 4.69) is 17.6 Å². The van der Waals surface area contributed by atoms with Gasteiger partial charge in [-0.3, -0.25) is 4.52 Å². The standard InChI is InChI=1S/C34H51NO6PS/c1-3-4-5-6-7-8-9-10-11-12-13-14-17-29-18-15-20-31(24-29)40-34(36)33(38-2)27-39-42(37)41-32-21-16-19-30(25-32)26-35-22-23-43-28-35/h15-16,18-25,28,33-34,36,42H,3-14,17,26-27H2,1-2H3/q+1. The van der Waals surface area contributed by atoms with E-state index in [4.69, 9.17) is 18.5 Å². The van der Waals surface area contributed by atoms with Crippen molar-refractivity contribution in [2.45, 2.75) is 109 Å². The molecule has 1 aromatic heterocycles. The molecule has 0 amide bonds. The molecule has 0 bridgehead atoms. The van der Waals surface area contributed by atoms with Crippen molar-refractivity contribution in [2.24, 2.45) is 0 Å². The molecule has 0 fully saturated rings. The number of unbranched alkanes of at least 4 members (excludes halogenated alkanes) is 11. The van der Waals surface area contributed by atoms with Gasteiger partial charge in [-0.1, -0.05) is 113 Å². The smallest absolute Gasteiger partial charge is 0.367 e. The maximum Gasteiger partial charge on any atom is 0.367 e. The molecule has 0 aliphatic rings. The predicted octanol–water partition coefficient (Wildman–Crippen LogP) is 8.53. The third kappa shape index (κ3) is 14.9. The van der Waals surface area contributed by atoms with E-state index in [1.165, 1.54) is 83.3 Å². The van der Waals surface area contributed by atoms with Gasteiger partial charge in [0.1, 0.15) is 17.6 Å². The summed E-state index contributed by atoms with van der Waals surface area (Å²) in [5.74, 6) is 1.03. The first kappa shape index (κ1) is 35.3. The molecule has 43 heavy (non-hydrogen) atoms. The number of hydrogen-bond acceptors (Lipinski definition) is 7. The lowest BCUT2D eigenvalue weighted by Crippen LogP contribution is -2.36. The largest absolute Gasteiger partial charge is 0.462 e. The molecule has 0 aliphatic carbocycles. The maximum absolute atomic E-state index is 12.5. The second-order valence-corrected chi connectivity index (χ2v) is 12.8. The number of hydrogen-bond donors (Lipinski definition) is 1. The molecule has 3 unspecified atom stereocenters. The molecule has 7 nitrogen and oxygen atoms in total. The summed E-state index contributed by atoms with van der Waals surface area (Å²) in [5, 5.41) is 12.7. The Labute approximate surface area is 263 Å². The van der Waals surface area contributed by atoms with Gasteiger partial charge < -0.3 is 19.1 Å². The van der Waals surface area contributed by atoms with Crippen LogP contribution < -0.4 is 13.8 Å². The van der Waals surface area contributed by atoms with Crippen LogP contribution in [0.25, 0.3) is 0 Å². The summed E-state index contributed by atoms with van der Waals surface area (Å²) in [5.41, 5.74) is 4.23. The zero-order chi connectivity index (χ0) is 30.5. The van der Waals surface area contributed by atoms with Crippen LogP contribution in [0.15, 0.2) is 65.6 Å². The molecule has 238 valence electrons. The van der Waals surface area contributed by atoms with Gasteiger partial charge in [-0.15, -0.1) is 0 Å². The first-order chi connectivity index (χ1) is 21.1. The minimum absolute atomic E-state index is 0.140. The number of methoxy groups -OCH3 is 1. The van der Waals surface area contributed by atoms with Gasteiger partial charge in [0.25, 0.3) is 0 Å². The van der Waals surface area contributed by atoms with Crippen molar-refractivity contribution in [1.29, 1.82) is 0 Å². The normalized spacial score (nSPS) is 13.5. The summed E-state index contributed by atoms with van der Waals surface area (Å²) in [6, 6.07) is 15.2. The van der Waals surface area contributed by atoms with E-state index in [9.17, 15) is 9.67 Å². The molecule has 3 atom stereocenters. The number of nitrogens with zero attached hydrogens (tertiary/aromatic N) is 1. The van der Waals surface area contributed by atoms with E-state index in [-0.39, 0.29) is 6.61 Å². The number of aromatic nitrogens is 1. The molecule has 0 spiro atoms. The molecular weight excluding hydrogens is 581 g/mol. The Balaban J connectivity index is 1.32. The lowest BCUT2D eigenvalue weighted by Gasteiger charge is -2.22. The van der Waals surface area contributed by atoms with Crippen molar-refractivity contribution in [3.63, 3.8) is 0 Å². The van der Waals surface area contributed by atoms with Crippen molar-refractivity contribution >= 4 is 19.6 Å². The molecular formula is C34H51NO6PS+. The lowest BCUT2D eigenvalue weighted by atomic mass is 10.0. The first-order valence-corrected chi connectivity index (χ1v) is 18.1. The van der Waals surface area contributed by atoms with E-state index in [0.717, 1.165) is 18.4 Å². The van der Waals surface area contributed by atoms with Crippen molar-refractivity contribution in [3.8, 4) is 11.5 Å². The van der Waals surface area contributed by atoms with E-state index in [0.29, 0.717) is 18.0 Å². The zero-order valence-corrected chi connectivity index (χ0v) is 27.8. The van der Waals surface area contributed by atoms with E-state index in [1.54, 1.807) is 17.4 Å². The average Bonchev–Trinajstić information content (AvgIpc) is 3.51. The van der Waals surface area contributed by atoms with Crippen molar-refractivity contribution in [2.75, 3.05) is 13.7 Å². The number of aliphatic hydroxyl groups is 1. The highest BCUT2D eigenvalue weighted by molar-refractivity contribution is 7.33. The summed E-state index contributed by atoms with van der Waals surface area (Å²) in [6.07, 6.45) is 16.8. The van der Waals surface area contributed by atoms with Crippen LogP contribution in [0.2, 0.25) is 0 Å². The Kier molecular flexibility index (Phi) is 17.6. The topological polar surface area (TPSA) is 78.1 Å². The molecule has 0 saturated heterocycles. The van der Waals surface area contributed by atoms with Gasteiger partial charge in [-0.25, -0.2) is 4.57 Å². The Morgan fingerprint density at radius 3 is 2.14 bits per heavy atom. The number of rotatable bonds is 24. The summed E-state index contributed by atoms with van der Waals surface area (Å²) in [7, 11) is -1.41. The van der Waals surface area contributed by atoms with Crippen LogP contribution >= 0.6 is 19.6 Å². The highest BCUT2D eigenvalue weighted by Crippen LogP contribution is 2.29. The van der Waals surface area contributed by atoms with Crippen LogP contribution in [0.5, 0.6) is 11.5 Å². The van der Waals surface area contributed by atoms with Gasteiger partial charge in [-0.2, -0.15) is 4.57 Å². The number of ether oxygens (including phenoxy) is 2. The minimum Gasteiger partial charge on any atom is -0.462 e. The Morgan fingerprint density at radius 1 is 0.860 bits per heavy atom. The minimum atomic E-state index is -2.86. The Hall–Kier alpha value is -2.22. The third-order valence-corrected chi connectivity index (χ3v) is 8.93. The van der Waals surface area contributed by atoms with Crippen LogP contribution in [-0.2, 0) is 26.8 Å². The van der Waals surface area contributed by atoms with Gasteiger partial charge in [0, 0.05) is 12.7 Å². The van der Waals surface area contributed by atoms with Crippen molar-refractivity contribution in [3.05, 3.63) is 76.7 Å². The van der Waals surface area contributed by atoms with Crippen LogP contribution in [0.4, 0.5) is 0 Å². The van der Waals surface area contributed by atoms with Gasteiger partial charge >= 0.3 is 8.25 Å². The summed E-state index contributed by atoms with van der Waals surface area (Å²) in [4.78, 5) is 0. The summed E-state index contributed by atoms with van der Waals surface area (Å²) < 4.78 is 36.6. The number of aliphatic hydroxyl groups excluding tert-OH is 1. The SMILES string of the molecule is CCCCCCCCCCCCCCc1cccc(OC(O)C(CO[PH](=O)Oc2cccc(C[n+]3ccsc3)c2)OC)c1. The first-order valence-electron chi connectivity index (χ1n) is 15.9. The predicted molar refractivity (Wildman–Crippen MR) is 174 cm³/mol. The summed E-state index contributed by atoms with van der Waals surface area (Å²) >= 11 is 1.62. The van der Waals surface area contributed by atoms with Crippen LogP contribution in [-0.4, -0.2) is 31.2 Å². The zero-order valence-electron chi connectivity index (χ0n) is 26.0.